The van der Waals surface area contributed by atoms with Crippen molar-refractivity contribution in [1.82, 2.24) is 19.9 Å². The van der Waals surface area contributed by atoms with Gasteiger partial charge in [0.15, 0.2) is 5.69 Å². The van der Waals surface area contributed by atoms with Crippen LogP contribution in [-0.4, -0.2) is 52.0 Å². The predicted molar refractivity (Wildman–Crippen MR) is 78.0 cm³/mol. The number of hydrogen-bond acceptors (Lipinski definition) is 5. The first kappa shape index (κ1) is 17.1. The van der Waals surface area contributed by atoms with Crippen LogP contribution in [0.3, 0.4) is 0 Å². The molecule has 0 bridgehead atoms. The number of esters is 1. The summed E-state index contributed by atoms with van der Waals surface area (Å²) in [5.41, 5.74) is 0.409. The lowest BCUT2D eigenvalue weighted by molar-refractivity contribution is -0.130. The van der Waals surface area contributed by atoms with Gasteiger partial charge in [-0.3, -0.25) is 4.79 Å². The second-order valence-electron chi connectivity index (χ2n) is 5.82. The lowest BCUT2D eigenvalue weighted by Gasteiger charge is -2.22. The van der Waals surface area contributed by atoms with Crippen LogP contribution in [0.5, 0.6) is 0 Å². The Bertz CT molecular complexity index is 517. The molecule has 0 aliphatic rings. The van der Waals surface area contributed by atoms with Gasteiger partial charge in [0.2, 0.25) is 5.91 Å². The Morgan fingerprint density at radius 2 is 1.90 bits per heavy atom. The van der Waals surface area contributed by atoms with Crippen LogP contribution in [0.4, 0.5) is 0 Å². The normalized spacial score (nSPS) is 11.3. The Hall–Kier alpha value is -1.92. The summed E-state index contributed by atoms with van der Waals surface area (Å²) in [6.07, 6.45) is 0. The van der Waals surface area contributed by atoms with E-state index in [9.17, 15) is 9.59 Å². The van der Waals surface area contributed by atoms with E-state index >= 15 is 0 Å². The van der Waals surface area contributed by atoms with Gasteiger partial charge in [-0.1, -0.05) is 26.0 Å². The summed E-state index contributed by atoms with van der Waals surface area (Å²) in [7, 11) is 1.72. The zero-order valence-electron chi connectivity index (χ0n) is 13.6. The molecule has 1 aromatic rings. The van der Waals surface area contributed by atoms with E-state index < -0.39 is 5.97 Å². The number of rotatable bonds is 5. The molecule has 0 spiro atoms. The average molecular weight is 296 g/mol. The van der Waals surface area contributed by atoms with E-state index in [4.69, 9.17) is 4.74 Å². The van der Waals surface area contributed by atoms with Gasteiger partial charge >= 0.3 is 5.97 Å². The summed E-state index contributed by atoms with van der Waals surface area (Å²) in [4.78, 5) is 25.6. The van der Waals surface area contributed by atoms with Gasteiger partial charge in [-0.05, 0) is 13.8 Å². The fourth-order valence-corrected chi connectivity index (χ4v) is 1.93. The number of aromatic nitrogens is 3. The van der Waals surface area contributed by atoms with Gasteiger partial charge in [0.1, 0.15) is 6.54 Å². The van der Waals surface area contributed by atoms with Crippen LogP contribution in [0.15, 0.2) is 0 Å². The lowest BCUT2D eigenvalue weighted by Crippen LogP contribution is -2.32. The Labute approximate surface area is 125 Å². The Morgan fingerprint density at radius 1 is 1.29 bits per heavy atom. The Balaban J connectivity index is 3.16. The van der Waals surface area contributed by atoms with Crippen LogP contribution < -0.4 is 0 Å². The zero-order chi connectivity index (χ0) is 16.2. The molecule has 0 aliphatic carbocycles. The monoisotopic (exact) mass is 296 g/mol. The summed E-state index contributed by atoms with van der Waals surface area (Å²) >= 11 is 0. The first-order valence-electron chi connectivity index (χ1n) is 7.07. The molecule has 1 aromatic heterocycles. The Kier molecular flexibility index (Phi) is 5.46. The van der Waals surface area contributed by atoms with E-state index in [0.717, 1.165) is 0 Å². The Morgan fingerprint density at radius 3 is 2.38 bits per heavy atom. The van der Waals surface area contributed by atoms with Crippen molar-refractivity contribution in [2.75, 3.05) is 20.2 Å². The van der Waals surface area contributed by atoms with E-state index in [1.807, 2.05) is 27.7 Å². The summed E-state index contributed by atoms with van der Waals surface area (Å²) < 4.78 is 6.49. The number of carbonyl (C=O) groups excluding carboxylic acids is 2. The SMILES string of the molecule is CCOC(=O)c1nnn(CC(=O)N(C)CC)c1C(C)(C)C. The topological polar surface area (TPSA) is 77.3 Å². The first-order chi connectivity index (χ1) is 9.72. The molecule has 7 nitrogen and oxygen atoms in total. The van der Waals surface area contributed by atoms with Gasteiger partial charge in [-0.15, -0.1) is 5.10 Å². The van der Waals surface area contributed by atoms with E-state index in [1.54, 1.807) is 18.9 Å². The van der Waals surface area contributed by atoms with E-state index in [2.05, 4.69) is 10.3 Å². The minimum Gasteiger partial charge on any atom is -0.461 e. The number of carbonyl (C=O) groups is 2. The van der Waals surface area contributed by atoms with Crippen LogP contribution in [0.25, 0.3) is 0 Å². The van der Waals surface area contributed by atoms with Crippen molar-refractivity contribution in [2.45, 2.75) is 46.6 Å². The summed E-state index contributed by atoms with van der Waals surface area (Å²) in [5, 5.41) is 7.87. The van der Waals surface area contributed by atoms with Crippen LogP contribution >= 0.6 is 0 Å². The number of likely N-dealkylation sites (N-methyl/N-ethyl adjacent to an activating group) is 1. The molecule has 7 heteroatoms. The van der Waals surface area contributed by atoms with Crippen LogP contribution in [0.2, 0.25) is 0 Å². The molecule has 1 heterocycles. The third-order valence-electron chi connectivity index (χ3n) is 3.10. The highest BCUT2D eigenvalue weighted by Crippen LogP contribution is 2.25. The van der Waals surface area contributed by atoms with Gasteiger partial charge in [-0.25, -0.2) is 9.48 Å². The minimum absolute atomic E-state index is 0.0589. The molecular weight excluding hydrogens is 272 g/mol. The van der Waals surface area contributed by atoms with Crippen molar-refractivity contribution in [2.24, 2.45) is 0 Å². The van der Waals surface area contributed by atoms with Gasteiger partial charge in [0.25, 0.3) is 0 Å². The third kappa shape index (κ3) is 4.03. The molecule has 0 aliphatic heterocycles. The van der Waals surface area contributed by atoms with Crippen molar-refractivity contribution < 1.29 is 14.3 Å². The van der Waals surface area contributed by atoms with E-state index in [-0.39, 0.29) is 30.2 Å². The number of amides is 1. The molecule has 1 rings (SSSR count). The van der Waals surface area contributed by atoms with Crippen LogP contribution in [-0.2, 0) is 21.5 Å². The molecule has 0 saturated carbocycles. The van der Waals surface area contributed by atoms with Crippen molar-refractivity contribution in [3.8, 4) is 0 Å². The smallest absolute Gasteiger partial charge is 0.360 e. The highest BCUT2D eigenvalue weighted by Gasteiger charge is 2.30. The van der Waals surface area contributed by atoms with Gasteiger partial charge in [0, 0.05) is 19.0 Å². The third-order valence-corrected chi connectivity index (χ3v) is 3.10. The standard InChI is InChI=1S/C14H24N4O3/c1-7-17(6)10(19)9-18-12(14(3,4)5)11(15-16-18)13(20)21-8-2/h7-9H2,1-6H3. The number of ether oxygens (including phenoxy) is 1. The fourth-order valence-electron chi connectivity index (χ4n) is 1.93. The molecule has 21 heavy (non-hydrogen) atoms. The second kappa shape index (κ2) is 6.69. The van der Waals surface area contributed by atoms with Crippen molar-refractivity contribution in [1.29, 1.82) is 0 Å². The van der Waals surface area contributed by atoms with Gasteiger partial charge in [-0.2, -0.15) is 0 Å². The predicted octanol–water partition coefficient (Wildman–Crippen LogP) is 1.23. The quantitative estimate of drug-likeness (QED) is 0.764. The lowest BCUT2D eigenvalue weighted by atomic mass is 9.90. The molecule has 1 amide bonds. The maximum Gasteiger partial charge on any atom is 0.360 e. The van der Waals surface area contributed by atoms with Gasteiger partial charge < -0.3 is 9.64 Å². The molecular formula is C14H24N4O3. The first-order valence-corrected chi connectivity index (χ1v) is 7.07. The summed E-state index contributed by atoms with van der Waals surface area (Å²) in [5.74, 6) is -0.590. The molecule has 0 atom stereocenters. The molecule has 118 valence electrons. The molecule has 0 saturated heterocycles. The number of hydrogen-bond donors (Lipinski definition) is 0. The largest absolute Gasteiger partial charge is 0.461 e. The minimum atomic E-state index is -0.509. The molecule has 0 fully saturated rings. The maximum absolute atomic E-state index is 12.0. The van der Waals surface area contributed by atoms with Crippen molar-refractivity contribution in [3.63, 3.8) is 0 Å². The summed E-state index contributed by atoms with van der Waals surface area (Å²) in [6.45, 7) is 10.4. The maximum atomic E-state index is 12.0. The second-order valence-corrected chi connectivity index (χ2v) is 5.82. The number of nitrogens with zero attached hydrogens (tertiary/aromatic N) is 4. The van der Waals surface area contributed by atoms with E-state index in [1.165, 1.54) is 4.68 Å². The van der Waals surface area contributed by atoms with Crippen molar-refractivity contribution in [3.05, 3.63) is 11.4 Å². The van der Waals surface area contributed by atoms with E-state index in [0.29, 0.717) is 12.2 Å². The van der Waals surface area contributed by atoms with Crippen molar-refractivity contribution >= 4 is 11.9 Å². The van der Waals surface area contributed by atoms with Crippen LogP contribution in [0, 0.1) is 0 Å². The van der Waals surface area contributed by atoms with Gasteiger partial charge in [0.05, 0.1) is 12.3 Å². The molecule has 0 N–H and O–H groups in total. The van der Waals surface area contributed by atoms with Crippen LogP contribution in [0.1, 0.15) is 50.8 Å². The molecule has 0 radical (unpaired) electrons. The molecule has 0 aromatic carbocycles. The zero-order valence-corrected chi connectivity index (χ0v) is 13.6. The highest BCUT2D eigenvalue weighted by molar-refractivity contribution is 5.89. The highest BCUT2D eigenvalue weighted by atomic mass is 16.5. The molecule has 0 unspecified atom stereocenters. The average Bonchev–Trinajstić information content (AvgIpc) is 2.81. The fraction of sp³-hybridized carbons (Fsp3) is 0.714. The summed E-state index contributed by atoms with van der Waals surface area (Å²) in [6, 6.07) is 0.